The molecule has 42 heavy (non-hydrogen) atoms. The first kappa shape index (κ1) is 33.4. The van der Waals surface area contributed by atoms with Gasteiger partial charge in [0.25, 0.3) is 0 Å². The number of para-hydroxylation sites is 1. The average Bonchev–Trinajstić information content (AvgIpc) is 3.19. The van der Waals surface area contributed by atoms with Gasteiger partial charge in [-0.3, -0.25) is 4.79 Å². The summed E-state index contributed by atoms with van der Waals surface area (Å²) in [5.41, 5.74) is 1.62. The second kappa shape index (κ2) is 13.9. The zero-order valence-electron chi connectivity index (χ0n) is 25.9. The van der Waals surface area contributed by atoms with Gasteiger partial charge in [-0.1, -0.05) is 44.2 Å². The molecule has 0 aliphatic heterocycles. The maximum Gasteiger partial charge on any atom is 0.408 e. The van der Waals surface area contributed by atoms with Gasteiger partial charge < -0.3 is 24.7 Å². The van der Waals surface area contributed by atoms with E-state index in [9.17, 15) is 14.4 Å². The van der Waals surface area contributed by atoms with Gasteiger partial charge in [0.2, 0.25) is 5.91 Å². The Bertz CT molecular complexity index is 1380. The van der Waals surface area contributed by atoms with Crippen molar-refractivity contribution in [3.63, 3.8) is 0 Å². The van der Waals surface area contributed by atoms with Gasteiger partial charge in [-0.05, 0) is 106 Å². The number of rotatable bonds is 10. The minimum absolute atomic E-state index is 0.124. The minimum Gasteiger partial charge on any atom is -0.458 e. The third-order valence-corrected chi connectivity index (χ3v) is 7.00. The van der Waals surface area contributed by atoms with E-state index in [0.717, 1.165) is 22.0 Å². The number of hydrogen-bond donors (Lipinski definition) is 2. The summed E-state index contributed by atoms with van der Waals surface area (Å²) in [6, 6.07) is 14.5. The topological polar surface area (TPSA) is 98.7 Å². The van der Waals surface area contributed by atoms with Crippen molar-refractivity contribution in [2.45, 2.75) is 98.1 Å². The number of carbonyl (C=O) groups excluding carboxylic acids is 3. The molecule has 9 heteroatoms. The molecule has 3 rings (SSSR count). The number of carbonyl (C=O) groups is 3. The predicted molar refractivity (Wildman–Crippen MR) is 174 cm³/mol. The van der Waals surface area contributed by atoms with Crippen LogP contribution < -0.4 is 10.6 Å². The van der Waals surface area contributed by atoms with Crippen LogP contribution in [0.1, 0.15) is 72.9 Å². The highest BCUT2D eigenvalue weighted by atomic mass is 127. The fourth-order valence-electron chi connectivity index (χ4n) is 4.61. The lowest BCUT2D eigenvalue weighted by Crippen LogP contribution is -2.54. The fourth-order valence-corrected chi connectivity index (χ4v) is 4.97. The van der Waals surface area contributed by atoms with Gasteiger partial charge in [-0.15, -0.1) is 0 Å². The van der Waals surface area contributed by atoms with Gasteiger partial charge in [-0.25, -0.2) is 9.59 Å². The number of amides is 2. The van der Waals surface area contributed by atoms with Gasteiger partial charge in [0, 0.05) is 33.6 Å². The molecule has 3 aromatic rings. The zero-order chi connectivity index (χ0) is 31.2. The molecule has 8 nitrogen and oxygen atoms in total. The van der Waals surface area contributed by atoms with Gasteiger partial charge in [0.05, 0.1) is 0 Å². The summed E-state index contributed by atoms with van der Waals surface area (Å²) in [6.07, 6.45) is 1.92. The number of nitrogens with zero attached hydrogens (tertiary/aromatic N) is 1. The fraction of sp³-hybridized carbons (Fsp3) is 0.485. The standard InChI is InChI=1S/C33H44IN3O5/c1-21(2)17-27(30(39)41-32(3,4)5)35-29(38)26(36-31(40)42-33(6,7)8)18-23-20-37(28-12-10-9-11-25(23)28)19-22-13-15-24(34)16-14-22/h9-16,20-21,26-27H,17-19H2,1-8H3,(H,35,38)(H,36,40)/t26-,27-/m0/s1. The molecule has 2 N–H and O–H groups in total. The summed E-state index contributed by atoms with van der Waals surface area (Å²) in [6.45, 7) is 15.3. The summed E-state index contributed by atoms with van der Waals surface area (Å²) in [5, 5.41) is 6.61. The molecule has 2 aromatic carbocycles. The molecular weight excluding hydrogens is 645 g/mol. The number of ether oxygens (including phenoxy) is 2. The smallest absolute Gasteiger partial charge is 0.408 e. The molecule has 0 unspecified atom stereocenters. The summed E-state index contributed by atoms with van der Waals surface area (Å²) < 4.78 is 14.4. The first-order chi connectivity index (χ1) is 19.5. The molecule has 228 valence electrons. The van der Waals surface area contributed by atoms with Gasteiger partial charge in [-0.2, -0.15) is 0 Å². The Labute approximate surface area is 263 Å². The Hall–Kier alpha value is -3.08. The van der Waals surface area contributed by atoms with E-state index in [1.165, 1.54) is 3.57 Å². The van der Waals surface area contributed by atoms with Crippen LogP contribution in [-0.4, -0.2) is 45.8 Å². The van der Waals surface area contributed by atoms with E-state index in [-0.39, 0.29) is 12.3 Å². The highest BCUT2D eigenvalue weighted by Crippen LogP contribution is 2.24. The van der Waals surface area contributed by atoms with Gasteiger partial charge >= 0.3 is 12.1 Å². The van der Waals surface area contributed by atoms with E-state index in [1.54, 1.807) is 41.5 Å². The highest BCUT2D eigenvalue weighted by molar-refractivity contribution is 14.1. The number of esters is 1. The summed E-state index contributed by atoms with van der Waals surface area (Å²) >= 11 is 2.29. The molecular formula is C33H44IN3O5. The quantitative estimate of drug-likeness (QED) is 0.185. The Balaban J connectivity index is 1.94. The normalized spacial score (nSPS) is 13.5. The molecule has 2 atom stereocenters. The van der Waals surface area contributed by atoms with Crippen molar-refractivity contribution in [3.8, 4) is 0 Å². The first-order valence-corrected chi connectivity index (χ1v) is 15.4. The molecule has 0 spiro atoms. The van der Waals surface area contributed by atoms with Crippen LogP contribution in [0.4, 0.5) is 4.79 Å². The highest BCUT2D eigenvalue weighted by Gasteiger charge is 2.32. The second-order valence-corrected chi connectivity index (χ2v) is 14.3. The Morgan fingerprint density at radius 1 is 0.857 bits per heavy atom. The summed E-state index contributed by atoms with van der Waals surface area (Å²) in [5.74, 6) is -0.860. The lowest BCUT2D eigenvalue weighted by molar-refractivity contribution is -0.159. The number of fused-ring (bicyclic) bond motifs is 1. The molecule has 1 heterocycles. The molecule has 0 bridgehead atoms. The maximum absolute atomic E-state index is 13.8. The molecule has 0 saturated carbocycles. The number of halogens is 1. The lowest BCUT2D eigenvalue weighted by Gasteiger charge is -2.27. The van der Waals surface area contributed by atoms with E-state index in [1.807, 2.05) is 44.3 Å². The second-order valence-electron chi connectivity index (χ2n) is 13.1. The first-order valence-electron chi connectivity index (χ1n) is 14.3. The molecule has 0 fully saturated rings. The van der Waals surface area contributed by atoms with Gasteiger partial charge in [0.1, 0.15) is 23.3 Å². The van der Waals surface area contributed by atoms with E-state index in [4.69, 9.17) is 9.47 Å². The van der Waals surface area contributed by atoms with Gasteiger partial charge in [0.15, 0.2) is 0 Å². The van der Waals surface area contributed by atoms with E-state index >= 15 is 0 Å². The van der Waals surface area contributed by atoms with Crippen molar-refractivity contribution in [1.82, 2.24) is 15.2 Å². The van der Waals surface area contributed by atoms with Crippen molar-refractivity contribution < 1.29 is 23.9 Å². The largest absolute Gasteiger partial charge is 0.458 e. The van der Waals surface area contributed by atoms with E-state index in [0.29, 0.717) is 13.0 Å². The van der Waals surface area contributed by atoms with Crippen molar-refractivity contribution in [2.75, 3.05) is 0 Å². The van der Waals surface area contributed by atoms with E-state index in [2.05, 4.69) is 62.1 Å². The molecule has 0 saturated heterocycles. The number of benzene rings is 2. The Morgan fingerprint density at radius 3 is 2.07 bits per heavy atom. The molecule has 2 amide bonds. The molecule has 0 radical (unpaired) electrons. The monoisotopic (exact) mass is 689 g/mol. The van der Waals surface area contributed by atoms with Crippen LogP contribution in [0.25, 0.3) is 10.9 Å². The maximum atomic E-state index is 13.8. The minimum atomic E-state index is -0.991. The van der Waals surface area contributed by atoms with Crippen LogP contribution in [0.3, 0.4) is 0 Å². The summed E-state index contributed by atoms with van der Waals surface area (Å²) in [4.78, 5) is 39.7. The SMILES string of the molecule is CC(C)C[C@H](NC(=O)[C@H](Cc1cn(Cc2ccc(I)cc2)c2ccccc12)NC(=O)OC(C)(C)C)C(=O)OC(C)(C)C. The predicted octanol–water partition coefficient (Wildman–Crippen LogP) is 6.60. The van der Waals surface area contributed by atoms with Crippen molar-refractivity contribution in [3.05, 3.63) is 69.4 Å². The van der Waals surface area contributed by atoms with Crippen LogP contribution in [0.15, 0.2) is 54.7 Å². The third-order valence-electron chi connectivity index (χ3n) is 6.28. The lowest BCUT2D eigenvalue weighted by atomic mass is 10.0. The zero-order valence-corrected chi connectivity index (χ0v) is 28.1. The third kappa shape index (κ3) is 10.3. The van der Waals surface area contributed by atoms with Crippen molar-refractivity contribution in [1.29, 1.82) is 0 Å². The van der Waals surface area contributed by atoms with Crippen molar-refractivity contribution in [2.24, 2.45) is 5.92 Å². The number of alkyl carbamates (subject to hydrolysis) is 1. The van der Waals surface area contributed by atoms with Crippen LogP contribution in [0.2, 0.25) is 0 Å². The Kier molecular flexibility index (Phi) is 11.1. The Morgan fingerprint density at radius 2 is 1.48 bits per heavy atom. The van der Waals surface area contributed by atoms with Crippen LogP contribution >= 0.6 is 22.6 Å². The molecule has 0 aliphatic carbocycles. The van der Waals surface area contributed by atoms with Crippen LogP contribution in [0.5, 0.6) is 0 Å². The van der Waals surface area contributed by atoms with Crippen molar-refractivity contribution >= 4 is 51.5 Å². The number of hydrogen-bond acceptors (Lipinski definition) is 5. The average molecular weight is 690 g/mol. The number of nitrogens with one attached hydrogen (secondary N) is 2. The van der Waals surface area contributed by atoms with E-state index < -0.39 is 41.3 Å². The molecule has 1 aromatic heterocycles. The summed E-state index contributed by atoms with van der Waals surface area (Å²) in [7, 11) is 0. The van der Waals surface area contributed by atoms with Crippen LogP contribution in [0, 0.1) is 9.49 Å². The van der Waals surface area contributed by atoms with Crippen LogP contribution in [-0.2, 0) is 32.0 Å². The number of aromatic nitrogens is 1. The molecule has 0 aliphatic rings.